The van der Waals surface area contributed by atoms with E-state index in [2.05, 4.69) is 10.6 Å². The molecule has 0 saturated carbocycles. The second-order valence-corrected chi connectivity index (χ2v) is 9.99. The Morgan fingerprint density at radius 3 is 2.20 bits per heavy atom. The number of carboxylic acid groups (broad SMARTS) is 2. The SMILES string of the molecule is CC(C)(C)SSC[C@H](NC(=O)SC[C@H](N)C(=O)O)C(=O)NCC(=O)O. The molecule has 0 bridgehead atoms. The van der Waals surface area contributed by atoms with Crippen LogP contribution in [0.2, 0.25) is 0 Å². The summed E-state index contributed by atoms with van der Waals surface area (Å²) in [4.78, 5) is 45.1. The number of hydrogen-bond donors (Lipinski definition) is 5. The molecule has 25 heavy (non-hydrogen) atoms. The number of rotatable bonds is 10. The van der Waals surface area contributed by atoms with Gasteiger partial charge in [-0.3, -0.25) is 19.2 Å². The number of carbonyl (C=O) groups is 4. The molecule has 0 aromatic heterocycles. The minimum absolute atomic E-state index is 0.0558. The first-order valence-corrected chi connectivity index (χ1v) is 10.4. The van der Waals surface area contributed by atoms with Crippen molar-refractivity contribution < 1.29 is 29.4 Å². The van der Waals surface area contributed by atoms with Crippen LogP contribution in [0.5, 0.6) is 0 Å². The Morgan fingerprint density at radius 1 is 1.12 bits per heavy atom. The number of carboxylic acids is 2. The van der Waals surface area contributed by atoms with Gasteiger partial charge in [-0.1, -0.05) is 54.1 Å². The second kappa shape index (κ2) is 11.5. The third-order valence-electron chi connectivity index (χ3n) is 2.28. The molecule has 12 heteroatoms. The number of nitrogens with two attached hydrogens (primary N) is 1. The molecular weight excluding hydrogens is 390 g/mol. The van der Waals surface area contributed by atoms with Gasteiger partial charge in [0.25, 0.3) is 5.24 Å². The standard InChI is InChI=1S/C13H23N3O6S3/c1-13(2,3)25-24-6-8(10(19)15-4-9(17)18)16-12(22)23-5-7(14)11(20)21/h7-8H,4-6,14H2,1-3H3,(H,15,19)(H,16,22)(H,17,18)(H,20,21)/t7-,8-/m0/s1. The smallest absolute Gasteiger partial charge is 0.322 e. The molecular formula is C13H23N3O6S3. The van der Waals surface area contributed by atoms with Crippen LogP contribution in [0.25, 0.3) is 0 Å². The monoisotopic (exact) mass is 413 g/mol. The fourth-order valence-corrected chi connectivity index (χ4v) is 4.33. The molecule has 0 aromatic rings. The first kappa shape index (κ1) is 23.9. The zero-order valence-corrected chi connectivity index (χ0v) is 16.6. The molecule has 0 fully saturated rings. The molecule has 0 saturated heterocycles. The maximum absolute atomic E-state index is 12.0. The number of carbonyl (C=O) groups excluding carboxylic acids is 2. The molecule has 0 spiro atoms. The summed E-state index contributed by atoms with van der Waals surface area (Å²) >= 11 is 0.654. The van der Waals surface area contributed by atoms with Crippen LogP contribution in [0.15, 0.2) is 0 Å². The number of thioether (sulfide) groups is 1. The van der Waals surface area contributed by atoms with Gasteiger partial charge in [-0.25, -0.2) is 0 Å². The lowest BCUT2D eigenvalue weighted by Crippen LogP contribution is -2.48. The first-order chi connectivity index (χ1) is 11.4. The van der Waals surface area contributed by atoms with Crippen LogP contribution in [-0.2, 0) is 14.4 Å². The summed E-state index contributed by atoms with van der Waals surface area (Å²) in [5.41, 5.74) is 5.31. The van der Waals surface area contributed by atoms with Crippen molar-refractivity contribution in [3.05, 3.63) is 0 Å². The van der Waals surface area contributed by atoms with Crippen LogP contribution in [0.4, 0.5) is 4.79 Å². The Balaban J connectivity index is 4.64. The molecule has 2 atom stereocenters. The maximum atomic E-state index is 12.0. The average molecular weight is 414 g/mol. The predicted molar refractivity (Wildman–Crippen MR) is 101 cm³/mol. The summed E-state index contributed by atoms with van der Waals surface area (Å²) in [7, 11) is 2.89. The van der Waals surface area contributed by atoms with Crippen LogP contribution in [-0.4, -0.2) is 68.2 Å². The normalized spacial score (nSPS) is 13.6. The number of nitrogens with one attached hydrogen (secondary N) is 2. The first-order valence-electron chi connectivity index (χ1n) is 7.14. The molecule has 0 aliphatic carbocycles. The molecule has 2 amide bonds. The maximum Gasteiger partial charge on any atom is 0.322 e. The van der Waals surface area contributed by atoms with Crippen LogP contribution < -0.4 is 16.4 Å². The van der Waals surface area contributed by atoms with Gasteiger partial charge in [0.05, 0.1) is 0 Å². The van der Waals surface area contributed by atoms with Crippen LogP contribution in [0.1, 0.15) is 20.8 Å². The lowest BCUT2D eigenvalue weighted by molar-refractivity contribution is -0.138. The summed E-state index contributed by atoms with van der Waals surface area (Å²) in [6, 6.07) is -2.14. The minimum Gasteiger partial charge on any atom is -0.480 e. The number of amides is 2. The third kappa shape index (κ3) is 12.8. The van der Waals surface area contributed by atoms with Crippen LogP contribution >= 0.6 is 33.3 Å². The molecule has 6 N–H and O–H groups in total. The summed E-state index contributed by atoms with van der Waals surface area (Å²) < 4.78 is -0.0558. The summed E-state index contributed by atoms with van der Waals surface area (Å²) in [6.07, 6.45) is 0. The molecule has 0 radical (unpaired) electrons. The lowest BCUT2D eigenvalue weighted by atomic mass is 10.3. The van der Waals surface area contributed by atoms with Gasteiger partial charge in [-0.05, 0) is 0 Å². The summed E-state index contributed by atoms with van der Waals surface area (Å²) in [5.74, 6) is -2.97. The largest absolute Gasteiger partial charge is 0.480 e. The van der Waals surface area contributed by atoms with Crippen molar-refractivity contribution in [2.45, 2.75) is 37.6 Å². The highest BCUT2D eigenvalue weighted by Gasteiger charge is 2.24. The summed E-state index contributed by atoms with van der Waals surface area (Å²) in [6.45, 7) is 5.42. The Labute approximate surface area is 158 Å². The van der Waals surface area contributed by atoms with Crippen molar-refractivity contribution >= 4 is 56.4 Å². The predicted octanol–water partition coefficient (Wildman–Crippen LogP) is 0.590. The van der Waals surface area contributed by atoms with E-state index in [0.29, 0.717) is 11.8 Å². The topological polar surface area (TPSA) is 159 Å². The highest BCUT2D eigenvalue weighted by atomic mass is 33.1. The van der Waals surface area contributed by atoms with Crippen molar-refractivity contribution in [3.63, 3.8) is 0 Å². The van der Waals surface area contributed by atoms with Gasteiger partial charge < -0.3 is 26.6 Å². The van der Waals surface area contributed by atoms with E-state index in [9.17, 15) is 19.2 Å². The van der Waals surface area contributed by atoms with Crippen molar-refractivity contribution in [2.75, 3.05) is 18.1 Å². The molecule has 0 aromatic carbocycles. The Kier molecular flexibility index (Phi) is 11.0. The summed E-state index contributed by atoms with van der Waals surface area (Å²) in [5, 5.41) is 21.4. The van der Waals surface area contributed by atoms with Gasteiger partial charge in [0, 0.05) is 16.3 Å². The molecule has 144 valence electrons. The van der Waals surface area contributed by atoms with Gasteiger partial charge in [0.1, 0.15) is 18.6 Å². The van der Waals surface area contributed by atoms with Gasteiger partial charge in [0.2, 0.25) is 5.91 Å². The van der Waals surface area contributed by atoms with Gasteiger partial charge in [0.15, 0.2) is 0 Å². The molecule has 0 aliphatic rings. The van der Waals surface area contributed by atoms with Crippen molar-refractivity contribution in [3.8, 4) is 0 Å². The number of hydrogen-bond acceptors (Lipinski definition) is 8. The van der Waals surface area contributed by atoms with E-state index in [-0.39, 0.29) is 16.3 Å². The lowest BCUT2D eigenvalue weighted by Gasteiger charge is -2.20. The molecule has 0 aliphatic heterocycles. The Bertz CT molecular complexity index is 498. The van der Waals surface area contributed by atoms with Crippen molar-refractivity contribution in [1.29, 1.82) is 0 Å². The van der Waals surface area contributed by atoms with Gasteiger partial charge in [-0.2, -0.15) is 0 Å². The van der Waals surface area contributed by atoms with Gasteiger partial charge in [-0.15, -0.1) is 0 Å². The van der Waals surface area contributed by atoms with E-state index in [1.165, 1.54) is 21.6 Å². The van der Waals surface area contributed by atoms with Crippen molar-refractivity contribution in [1.82, 2.24) is 10.6 Å². The van der Waals surface area contributed by atoms with E-state index in [4.69, 9.17) is 15.9 Å². The van der Waals surface area contributed by atoms with E-state index in [1.54, 1.807) is 0 Å². The zero-order chi connectivity index (χ0) is 19.6. The highest BCUT2D eigenvalue weighted by molar-refractivity contribution is 8.77. The Morgan fingerprint density at radius 2 is 1.72 bits per heavy atom. The molecule has 0 rings (SSSR count). The van der Waals surface area contributed by atoms with E-state index >= 15 is 0 Å². The zero-order valence-electron chi connectivity index (χ0n) is 14.1. The fourth-order valence-electron chi connectivity index (χ4n) is 1.17. The second-order valence-electron chi connectivity index (χ2n) is 5.83. The highest BCUT2D eigenvalue weighted by Crippen LogP contribution is 2.35. The number of aliphatic carboxylic acids is 2. The fraction of sp³-hybridized carbons (Fsp3) is 0.692. The average Bonchev–Trinajstić information content (AvgIpc) is 2.47. The molecule has 9 nitrogen and oxygen atoms in total. The Hall–Kier alpha value is -1.11. The van der Waals surface area contributed by atoms with Crippen LogP contribution in [0, 0.1) is 0 Å². The van der Waals surface area contributed by atoms with Gasteiger partial charge >= 0.3 is 11.9 Å². The quantitative estimate of drug-likeness (QED) is 0.321. The van der Waals surface area contributed by atoms with Crippen LogP contribution in [0.3, 0.4) is 0 Å². The van der Waals surface area contributed by atoms with E-state index in [1.807, 2.05) is 20.8 Å². The van der Waals surface area contributed by atoms with E-state index < -0.39 is 41.7 Å². The van der Waals surface area contributed by atoms with E-state index in [0.717, 1.165) is 0 Å². The molecule has 0 heterocycles. The minimum atomic E-state index is -1.23. The van der Waals surface area contributed by atoms with Crippen molar-refractivity contribution in [2.24, 2.45) is 5.73 Å². The third-order valence-corrected chi connectivity index (χ3v) is 6.53. The molecule has 0 unspecified atom stereocenters.